The van der Waals surface area contributed by atoms with Crippen LogP contribution in [0.25, 0.3) is 22.4 Å². The van der Waals surface area contributed by atoms with Crippen molar-refractivity contribution in [2.24, 2.45) is 0 Å². The second-order valence-corrected chi connectivity index (χ2v) is 4.21. The van der Waals surface area contributed by atoms with E-state index in [0.717, 1.165) is 11.3 Å². The third-order valence-electron chi connectivity index (χ3n) is 2.35. The smallest absolute Gasteiger partial charge is 0.182 e. The Hall–Kier alpha value is -1.88. The Morgan fingerprint density at radius 2 is 1.82 bits per heavy atom. The molecule has 0 aliphatic rings. The average Bonchev–Trinajstić information content (AvgIpc) is 2.39. The van der Waals surface area contributed by atoms with E-state index in [2.05, 4.69) is 35.9 Å². The summed E-state index contributed by atoms with van der Waals surface area (Å²) in [5.41, 5.74) is 3.09. The van der Waals surface area contributed by atoms with Gasteiger partial charge in [0.25, 0.3) is 0 Å². The van der Waals surface area contributed by atoms with Gasteiger partial charge in [-0.1, -0.05) is 30.3 Å². The zero-order chi connectivity index (χ0) is 11.7. The monoisotopic (exact) mass is 286 g/mol. The van der Waals surface area contributed by atoms with Gasteiger partial charge in [0.15, 0.2) is 5.65 Å². The third kappa shape index (κ3) is 1.89. The first kappa shape index (κ1) is 10.3. The number of hydrogen-bond donors (Lipinski definition) is 0. The molecule has 5 heteroatoms. The van der Waals surface area contributed by atoms with E-state index in [9.17, 15) is 0 Å². The topological polar surface area (TPSA) is 51.6 Å². The molecule has 0 unspecified atom stereocenters. The summed E-state index contributed by atoms with van der Waals surface area (Å²) >= 11 is 3.42. The SMILES string of the molecule is Brc1nc2ncncc2nc1-c1ccccc1. The number of benzene rings is 1. The highest BCUT2D eigenvalue weighted by Crippen LogP contribution is 2.25. The maximum Gasteiger partial charge on any atom is 0.182 e. The molecule has 3 aromatic rings. The van der Waals surface area contributed by atoms with Crippen molar-refractivity contribution in [3.05, 3.63) is 47.5 Å². The number of fused-ring (bicyclic) bond motifs is 1. The van der Waals surface area contributed by atoms with Gasteiger partial charge in [-0.2, -0.15) is 0 Å². The molecule has 0 saturated carbocycles. The van der Waals surface area contributed by atoms with Crippen molar-refractivity contribution in [3.63, 3.8) is 0 Å². The van der Waals surface area contributed by atoms with Crippen LogP contribution in [0.1, 0.15) is 0 Å². The first-order chi connectivity index (χ1) is 8.34. The van der Waals surface area contributed by atoms with E-state index in [1.165, 1.54) is 6.33 Å². The molecule has 3 rings (SSSR count). The molecule has 0 radical (unpaired) electrons. The Morgan fingerprint density at radius 1 is 1.00 bits per heavy atom. The fraction of sp³-hybridized carbons (Fsp3) is 0. The lowest BCUT2D eigenvalue weighted by Crippen LogP contribution is -1.94. The van der Waals surface area contributed by atoms with Crippen molar-refractivity contribution in [1.82, 2.24) is 19.9 Å². The van der Waals surface area contributed by atoms with Gasteiger partial charge in [-0.3, -0.25) is 0 Å². The molecule has 0 fully saturated rings. The van der Waals surface area contributed by atoms with Crippen LogP contribution in [0.3, 0.4) is 0 Å². The van der Waals surface area contributed by atoms with Crippen LogP contribution in [0.2, 0.25) is 0 Å². The Balaban J connectivity index is 2.27. The normalized spacial score (nSPS) is 10.6. The molecule has 82 valence electrons. The van der Waals surface area contributed by atoms with E-state index in [-0.39, 0.29) is 0 Å². The van der Waals surface area contributed by atoms with Gasteiger partial charge >= 0.3 is 0 Å². The van der Waals surface area contributed by atoms with Gasteiger partial charge in [0.1, 0.15) is 22.1 Å². The van der Waals surface area contributed by atoms with Gasteiger partial charge in [0, 0.05) is 5.56 Å². The minimum Gasteiger partial charge on any atom is -0.242 e. The molecule has 0 atom stereocenters. The second-order valence-electron chi connectivity index (χ2n) is 3.46. The summed E-state index contributed by atoms with van der Waals surface area (Å²) in [6, 6.07) is 9.88. The molecule has 2 aromatic heterocycles. The molecule has 4 nitrogen and oxygen atoms in total. The number of halogens is 1. The minimum atomic E-state index is 0.589. The van der Waals surface area contributed by atoms with Gasteiger partial charge in [-0.25, -0.2) is 19.9 Å². The highest BCUT2D eigenvalue weighted by molar-refractivity contribution is 9.10. The molecular weight excluding hydrogens is 280 g/mol. The van der Waals surface area contributed by atoms with Crippen molar-refractivity contribution in [3.8, 4) is 11.3 Å². The summed E-state index contributed by atoms with van der Waals surface area (Å²) in [5.74, 6) is 0. The third-order valence-corrected chi connectivity index (χ3v) is 2.90. The Bertz CT molecular complexity index is 670. The summed E-state index contributed by atoms with van der Waals surface area (Å²) < 4.78 is 0.690. The van der Waals surface area contributed by atoms with E-state index in [1.807, 2.05) is 30.3 Å². The molecular formula is C12H7BrN4. The standard InChI is InChI=1S/C12H7BrN4/c13-11-10(8-4-2-1-3-5-8)16-9-6-14-7-15-12(9)17-11/h1-7H. The molecule has 0 saturated heterocycles. The van der Waals surface area contributed by atoms with Gasteiger partial charge in [-0.05, 0) is 15.9 Å². The van der Waals surface area contributed by atoms with E-state index in [4.69, 9.17) is 0 Å². The van der Waals surface area contributed by atoms with Gasteiger partial charge in [0.05, 0.1) is 6.20 Å². The zero-order valence-electron chi connectivity index (χ0n) is 8.71. The Kier molecular flexibility index (Phi) is 2.53. The molecule has 0 aliphatic heterocycles. The number of nitrogens with zero attached hydrogens (tertiary/aromatic N) is 4. The van der Waals surface area contributed by atoms with Crippen molar-refractivity contribution in [2.75, 3.05) is 0 Å². The van der Waals surface area contributed by atoms with Crippen LogP contribution < -0.4 is 0 Å². The second kappa shape index (κ2) is 4.18. The Labute approximate surface area is 106 Å². The quantitative estimate of drug-likeness (QED) is 0.690. The summed E-state index contributed by atoms with van der Waals surface area (Å²) in [7, 11) is 0. The number of hydrogen-bond acceptors (Lipinski definition) is 4. The molecule has 0 spiro atoms. The highest BCUT2D eigenvalue weighted by atomic mass is 79.9. The zero-order valence-corrected chi connectivity index (χ0v) is 10.3. The van der Waals surface area contributed by atoms with Crippen LogP contribution in [-0.4, -0.2) is 19.9 Å². The van der Waals surface area contributed by atoms with Crippen LogP contribution in [0.4, 0.5) is 0 Å². The fourth-order valence-electron chi connectivity index (χ4n) is 1.57. The summed E-state index contributed by atoms with van der Waals surface area (Å²) in [5, 5.41) is 0. The summed E-state index contributed by atoms with van der Waals surface area (Å²) in [6.07, 6.45) is 3.12. The maximum absolute atomic E-state index is 4.51. The van der Waals surface area contributed by atoms with Gasteiger partial charge in [-0.15, -0.1) is 0 Å². The average molecular weight is 287 g/mol. The predicted octanol–water partition coefficient (Wildman–Crippen LogP) is 2.85. The maximum atomic E-state index is 4.51. The van der Waals surface area contributed by atoms with Crippen LogP contribution in [0.15, 0.2) is 47.5 Å². The van der Waals surface area contributed by atoms with E-state index in [0.29, 0.717) is 15.8 Å². The summed E-state index contributed by atoms with van der Waals surface area (Å²) in [6.45, 7) is 0. The molecule has 0 amide bonds. The number of rotatable bonds is 1. The minimum absolute atomic E-state index is 0.589. The van der Waals surface area contributed by atoms with Crippen molar-refractivity contribution in [2.45, 2.75) is 0 Å². The number of aromatic nitrogens is 4. The van der Waals surface area contributed by atoms with Crippen molar-refractivity contribution < 1.29 is 0 Å². The lowest BCUT2D eigenvalue weighted by Gasteiger charge is -2.04. The van der Waals surface area contributed by atoms with Crippen LogP contribution in [0, 0.1) is 0 Å². The highest BCUT2D eigenvalue weighted by Gasteiger charge is 2.08. The van der Waals surface area contributed by atoms with Gasteiger partial charge < -0.3 is 0 Å². The predicted molar refractivity (Wildman–Crippen MR) is 68.3 cm³/mol. The molecule has 17 heavy (non-hydrogen) atoms. The fourth-order valence-corrected chi connectivity index (χ4v) is 2.06. The lowest BCUT2D eigenvalue weighted by atomic mass is 10.2. The molecule has 1 aromatic carbocycles. The Morgan fingerprint density at radius 3 is 2.65 bits per heavy atom. The molecule has 0 N–H and O–H groups in total. The summed E-state index contributed by atoms with van der Waals surface area (Å²) in [4.78, 5) is 16.9. The first-order valence-corrected chi connectivity index (χ1v) is 5.82. The van der Waals surface area contributed by atoms with Crippen molar-refractivity contribution >= 4 is 27.1 Å². The first-order valence-electron chi connectivity index (χ1n) is 5.03. The molecule has 0 aliphatic carbocycles. The van der Waals surface area contributed by atoms with E-state index < -0.39 is 0 Å². The molecule has 2 heterocycles. The van der Waals surface area contributed by atoms with Crippen LogP contribution in [-0.2, 0) is 0 Å². The lowest BCUT2D eigenvalue weighted by molar-refractivity contribution is 1.13. The van der Waals surface area contributed by atoms with Crippen LogP contribution in [0.5, 0.6) is 0 Å². The van der Waals surface area contributed by atoms with Gasteiger partial charge in [0.2, 0.25) is 0 Å². The van der Waals surface area contributed by atoms with Crippen molar-refractivity contribution in [1.29, 1.82) is 0 Å². The van der Waals surface area contributed by atoms with Crippen LogP contribution >= 0.6 is 15.9 Å². The largest absolute Gasteiger partial charge is 0.242 e. The van der Waals surface area contributed by atoms with E-state index in [1.54, 1.807) is 6.20 Å². The molecule has 0 bridgehead atoms. The van der Waals surface area contributed by atoms with E-state index >= 15 is 0 Å².